The molecule has 1 aromatic rings. The maximum Gasteiger partial charge on any atom is 0.125 e. The van der Waals surface area contributed by atoms with Crippen LogP contribution in [0.5, 0.6) is 0 Å². The van der Waals surface area contributed by atoms with Crippen LogP contribution in [0.1, 0.15) is 5.56 Å². The number of hydrogen-bond acceptors (Lipinski definition) is 4. The molecule has 1 saturated heterocycles. The molecule has 16 heavy (non-hydrogen) atoms. The van der Waals surface area contributed by atoms with Crippen LogP contribution in [0.15, 0.2) is 18.2 Å². The van der Waals surface area contributed by atoms with Crippen molar-refractivity contribution in [2.75, 3.05) is 18.8 Å². The fourth-order valence-corrected chi connectivity index (χ4v) is 1.93. The van der Waals surface area contributed by atoms with Crippen LogP contribution in [0, 0.1) is 5.82 Å². The van der Waals surface area contributed by atoms with Crippen LogP contribution >= 0.6 is 0 Å². The van der Waals surface area contributed by atoms with Crippen LogP contribution in [-0.4, -0.2) is 40.4 Å². The normalized spacial score (nSPS) is 26.2. The molecule has 1 fully saturated rings. The summed E-state index contributed by atoms with van der Waals surface area (Å²) in [6, 6.07) is 4.26. The molecule has 1 aliphatic heterocycles. The zero-order valence-corrected chi connectivity index (χ0v) is 8.81. The van der Waals surface area contributed by atoms with Crippen molar-refractivity contribution in [3.63, 3.8) is 0 Å². The molecular formula is C11H15FN2O2. The minimum atomic E-state index is -0.707. The highest BCUT2D eigenvalue weighted by Crippen LogP contribution is 2.19. The molecule has 88 valence electrons. The number of β-amino-alcohol motifs (C(OH)–C–C–N with tert-alkyl or cyclic N) is 2. The van der Waals surface area contributed by atoms with E-state index in [9.17, 15) is 14.6 Å². The zero-order chi connectivity index (χ0) is 11.7. The molecule has 2 unspecified atom stereocenters. The summed E-state index contributed by atoms with van der Waals surface area (Å²) in [5, 5.41) is 18.8. The number of halogens is 1. The summed E-state index contributed by atoms with van der Waals surface area (Å²) in [6.07, 6.45) is -1.41. The van der Waals surface area contributed by atoms with E-state index in [-0.39, 0.29) is 5.82 Å². The first-order valence-electron chi connectivity index (χ1n) is 5.18. The van der Waals surface area contributed by atoms with Crippen molar-refractivity contribution in [1.29, 1.82) is 0 Å². The quantitative estimate of drug-likeness (QED) is 0.618. The second-order valence-electron chi connectivity index (χ2n) is 4.17. The standard InChI is InChI=1S/C11H15FN2O2/c12-8-2-1-7(9(13)3-8)4-14-5-10(15)11(16)6-14/h1-3,10-11,15-16H,4-6,13H2. The monoisotopic (exact) mass is 226 g/mol. The predicted molar refractivity (Wildman–Crippen MR) is 58.1 cm³/mol. The largest absolute Gasteiger partial charge is 0.398 e. The summed E-state index contributed by atoms with van der Waals surface area (Å²) in [4.78, 5) is 1.89. The Morgan fingerprint density at radius 1 is 1.31 bits per heavy atom. The lowest BCUT2D eigenvalue weighted by Crippen LogP contribution is -2.22. The minimum Gasteiger partial charge on any atom is -0.398 e. The topological polar surface area (TPSA) is 69.7 Å². The molecular weight excluding hydrogens is 211 g/mol. The predicted octanol–water partition coefficient (Wildman–Crippen LogP) is -0.0547. The Bertz CT molecular complexity index is 376. The van der Waals surface area contributed by atoms with E-state index in [2.05, 4.69) is 0 Å². The molecule has 0 bridgehead atoms. The summed E-state index contributed by atoms with van der Waals surface area (Å²) in [7, 11) is 0. The summed E-state index contributed by atoms with van der Waals surface area (Å²) in [5.41, 5.74) is 6.88. The zero-order valence-electron chi connectivity index (χ0n) is 8.81. The Morgan fingerprint density at radius 3 is 2.50 bits per heavy atom. The molecule has 0 aromatic heterocycles. The number of anilines is 1. The van der Waals surface area contributed by atoms with Crippen molar-refractivity contribution in [1.82, 2.24) is 4.90 Å². The number of aliphatic hydroxyl groups is 2. The van der Waals surface area contributed by atoms with Crippen LogP contribution in [-0.2, 0) is 6.54 Å². The van der Waals surface area contributed by atoms with Crippen molar-refractivity contribution < 1.29 is 14.6 Å². The molecule has 4 N–H and O–H groups in total. The van der Waals surface area contributed by atoms with Gasteiger partial charge >= 0.3 is 0 Å². The van der Waals surface area contributed by atoms with E-state index in [1.54, 1.807) is 6.07 Å². The van der Waals surface area contributed by atoms with Gasteiger partial charge in [-0.2, -0.15) is 0 Å². The summed E-state index contributed by atoms with van der Waals surface area (Å²) < 4.78 is 12.8. The van der Waals surface area contributed by atoms with Crippen LogP contribution in [0.2, 0.25) is 0 Å². The lowest BCUT2D eigenvalue weighted by Gasteiger charge is -2.16. The second kappa shape index (κ2) is 4.37. The van der Waals surface area contributed by atoms with E-state index in [1.807, 2.05) is 4.90 Å². The fraction of sp³-hybridized carbons (Fsp3) is 0.455. The summed E-state index contributed by atoms with van der Waals surface area (Å²) >= 11 is 0. The van der Waals surface area contributed by atoms with Gasteiger partial charge in [-0.25, -0.2) is 4.39 Å². The summed E-state index contributed by atoms with van der Waals surface area (Å²) in [6.45, 7) is 1.34. The lowest BCUT2D eigenvalue weighted by atomic mass is 10.1. The second-order valence-corrected chi connectivity index (χ2v) is 4.17. The van der Waals surface area contributed by atoms with Crippen molar-refractivity contribution in [3.8, 4) is 0 Å². The molecule has 2 rings (SSSR count). The van der Waals surface area contributed by atoms with Crippen molar-refractivity contribution in [3.05, 3.63) is 29.6 Å². The van der Waals surface area contributed by atoms with Crippen LogP contribution in [0.25, 0.3) is 0 Å². The molecule has 2 atom stereocenters. The first kappa shape index (κ1) is 11.3. The van der Waals surface area contributed by atoms with Gasteiger partial charge in [-0.05, 0) is 17.7 Å². The Balaban J connectivity index is 2.05. The molecule has 5 heteroatoms. The van der Waals surface area contributed by atoms with E-state index >= 15 is 0 Å². The van der Waals surface area contributed by atoms with Gasteiger partial charge < -0.3 is 15.9 Å². The molecule has 0 amide bonds. The number of hydrogen-bond donors (Lipinski definition) is 3. The average Bonchev–Trinajstić information content (AvgIpc) is 2.51. The van der Waals surface area contributed by atoms with Gasteiger partial charge in [0.25, 0.3) is 0 Å². The highest BCUT2D eigenvalue weighted by Gasteiger charge is 2.29. The Kier molecular flexibility index (Phi) is 3.09. The third kappa shape index (κ3) is 2.32. The van der Waals surface area contributed by atoms with Gasteiger partial charge in [0.05, 0.1) is 12.2 Å². The fourth-order valence-electron chi connectivity index (χ4n) is 1.93. The first-order valence-corrected chi connectivity index (χ1v) is 5.18. The van der Waals surface area contributed by atoms with Gasteiger partial charge in [0.2, 0.25) is 0 Å². The maximum atomic E-state index is 12.8. The van der Waals surface area contributed by atoms with E-state index < -0.39 is 12.2 Å². The molecule has 1 heterocycles. The third-order valence-corrected chi connectivity index (χ3v) is 2.84. The number of nitrogen functional groups attached to an aromatic ring is 1. The molecule has 0 radical (unpaired) electrons. The maximum absolute atomic E-state index is 12.8. The van der Waals surface area contributed by atoms with Crippen molar-refractivity contribution in [2.45, 2.75) is 18.8 Å². The highest BCUT2D eigenvalue weighted by atomic mass is 19.1. The Morgan fingerprint density at radius 2 is 1.94 bits per heavy atom. The molecule has 0 aliphatic carbocycles. The summed E-state index contributed by atoms with van der Waals surface area (Å²) in [5.74, 6) is -0.359. The molecule has 4 nitrogen and oxygen atoms in total. The highest BCUT2D eigenvalue weighted by molar-refractivity contribution is 5.46. The van der Waals surface area contributed by atoms with Crippen molar-refractivity contribution >= 4 is 5.69 Å². The number of nitrogens with zero attached hydrogens (tertiary/aromatic N) is 1. The van der Waals surface area contributed by atoms with Gasteiger partial charge in [0, 0.05) is 25.3 Å². The van der Waals surface area contributed by atoms with E-state index in [4.69, 9.17) is 5.73 Å². The third-order valence-electron chi connectivity index (χ3n) is 2.84. The van der Waals surface area contributed by atoms with Crippen LogP contribution < -0.4 is 5.73 Å². The molecule has 1 aromatic carbocycles. The number of likely N-dealkylation sites (tertiary alicyclic amines) is 1. The van der Waals surface area contributed by atoms with E-state index in [1.165, 1.54) is 12.1 Å². The first-order chi connectivity index (χ1) is 7.56. The van der Waals surface area contributed by atoms with Gasteiger partial charge in [-0.3, -0.25) is 4.90 Å². The van der Waals surface area contributed by atoms with E-state index in [0.717, 1.165) is 5.56 Å². The number of nitrogens with two attached hydrogens (primary N) is 1. The van der Waals surface area contributed by atoms with Gasteiger partial charge in [-0.15, -0.1) is 0 Å². The van der Waals surface area contributed by atoms with E-state index in [0.29, 0.717) is 25.3 Å². The van der Waals surface area contributed by atoms with Gasteiger partial charge in [-0.1, -0.05) is 6.07 Å². The van der Waals surface area contributed by atoms with Crippen LogP contribution in [0.3, 0.4) is 0 Å². The number of aliphatic hydroxyl groups excluding tert-OH is 2. The number of rotatable bonds is 2. The Labute approximate surface area is 93.1 Å². The smallest absolute Gasteiger partial charge is 0.125 e. The van der Waals surface area contributed by atoms with Gasteiger partial charge in [0.15, 0.2) is 0 Å². The van der Waals surface area contributed by atoms with Crippen LogP contribution in [0.4, 0.5) is 10.1 Å². The molecule has 1 aliphatic rings. The SMILES string of the molecule is Nc1cc(F)ccc1CN1CC(O)C(O)C1. The van der Waals surface area contributed by atoms with Gasteiger partial charge in [0.1, 0.15) is 5.82 Å². The lowest BCUT2D eigenvalue weighted by molar-refractivity contribution is 0.0572. The molecule has 0 saturated carbocycles. The Hall–Kier alpha value is -1.17. The van der Waals surface area contributed by atoms with Crippen molar-refractivity contribution in [2.24, 2.45) is 0 Å². The number of benzene rings is 1. The molecule has 0 spiro atoms. The average molecular weight is 226 g/mol. The minimum absolute atomic E-state index is 0.359.